The third kappa shape index (κ3) is 2.29. The van der Waals surface area contributed by atoms with Crippen LogP contribution in [-0.2, 0) is 6.54 Å². The molecule has 1 aromatic carbocycles. The summed E-state index contributed by atoms with van der Waals surface area (Å²) in [5.74, 6) is 0. The SMILES string of the molecule is CC1CCCN1Cc1ccc(-n2cncn2)cc1. The molecule has 1 aliphatic heterocycles. The Kier molecular flexibility index (Phi) is 3.11. The third-order valence-corrected chi connectivity index (χ3v) is 3.70. The summed E-state index contributed by atoms with van der Waals surface area (Å²) >= 11 is 0. The van der Waals surface area contributed by atoms with Crippen molar-refractivity contribution in [1.29, 1.82) is 0 Å². The summed E-state index contributed by atoms with van der Waals surface area (Å²) in [5, 5.41) is 4.13. The van der Waals surface area contributed by atoms with E-state index in [-0.39, 0.29) is 0 Å². The molecule has 0 spiro atoms. The maximum absolute atomic E-state index is 4.13. The second kappa shape index (κ2) is 4.90. The van der Waals surface area contributed by atoms with Gasteiger partial charge in [-0.05, 0) is 44.0 Å². The largest absolute Gasteiger partial charge is 0.296 e. The molecule has 1 unspecified atom stereocenters. The molecule has 0 radical (unpaired) electrons. The molecule has 0 saturated carbocycles. The minimum absolute atomic E-state index is 0.722. The zero-order chi connectivity index (χ0) is 12.4. The van der Waals surface area contributed by atoms with E-state index in [1.54, 1.807) is 17.3 Å². The Morgan fingerprint density at radius 2 is 2.11 bits per heavy atom. The summed E-state index contributed by atoms with van der Waals surface area (Å²) in [5.41, 5.74) is 2.43. The fourth-order valence-electron chi connectivity index (χ4n) is 2.56. The molecular weight excluding hydrogens is 224 g/mol. The summed E-state index contributed by atoms with van der Waals surface area (Å²) in [4.78, 5) is 6.50. The quantitative estimate of drug-likeness (QED) is 0.828. The van der Waals surface area contributed by atoms with E-state index in [4.69, 9.17) is 0 Å². The molecule has 1 atom stereocenters. The second-order valence-electron chi connectivity index (χ2n) is 4.97. The number of hydrogen-bond donors (Lipinski definition) is 0. The molecule has 1 saturated heterocycles. The highest BCUT2D eigenvalue weighted by Crippen LogP contribution is 2.19. The van der Waals surface area contributed by atoms with E-state index < -0.39 is 0 Å². The van der Waals surface area contributed by atoms with Crippen molar-refractivity contribution in [3.05, 3.63) is 42.5 Å². The van der Waals surface area contributed by atoms with Gasteiger partial charge in [0.2, 0.25) is 0 Å². The van der Waals surface area contributed by atoms with Gasteiger partial charge >= 0.3 is 0 Å². The van der Waals surface area contributed by atoms with E-state index in [0.717, 1.165) is 18.3 Å². The van der Waals surface area contributed by atoms with Gasteiger partial charge in [0.15, 0.2) is 0 Å². The molecule has 3 rings (SSSR count). The third-order valence-electron chi connectivity index (χ3n) is 3.70. The van der Waals surface area contributed by atoms with Crippen LogP contribution in [0.4, 0.5) is 0 Å². The van der Waals surface area contributed by atoms with Crippen LogP contribution in [0.5, 0.6) is 0 Å². The molecule has 0 amide bonds. The van der Waals surface area contributed by atoms with Crippen molar-refractivity contribution in [3.8, 4) is 5.69 Å². The molecule has 4 heteroatoms. The first-order chi connectivity index (χ1) is 8.83. The smallest absolute Gasteiger partial charge is 0.138 e. The van der Waals surface area contributed by atoms with Crippen LogP contribution in [0.3, 0.4) is 0 Å². The molecule has 18 heavy (non-hydrogen) atoms. The van der Waals surface area contributed by atoms with Crippen LogP contribution in [-0.4, -0.2) is 32.3 Å². The molecule has 1 fully saturated rings. The zero-order valence-corrected chi connectivity index (χ0v) is 10.7. The summed E-state index contributed by atoms with van der Waals surface area (Å²) in [6.45, 7) is 4.60. The molecule has 1 aromatic heterocycles. The van der Waals surface area contributed by atoms with Crippen molar-refractivity contribution in [1.82, 2.24) is 19.7 Å². The number of rotatable bonds is 3. The van der Waals surface area contributed by atoms with Gasteiger partial charge in [-0.2, -0.15) is 5.10 Å². The van der Waals surface area contributed by atoms with Crippen LogP contribution in [0.25, 0.3) is 5.69 Å². The fraction of sp³-hybridized carbons (Fsp3) is 0.429. The number of likely N-dealkylation sites (tertiary alicyclic amines) is 1. The van der Waals surface area contributed by atoms with E-state index >= 15 is 0 Å². The predicted molar refractivity (Wildman–Crippen MR) is 70.5 cm³/mol. The average molecular weight is 242 g/mol. The average Bonchev–Trinajstić information content (AvgIpc) is 3.03. The Morgan fingerprint density at radius 1 is 1.28 bits per heavy atom. The highest BCUT2D eigenvalue weighted by atomic mass is 15.3. The molecule has 1 aliphatic rings. The second-order valence-corrected chi connectivity index (χ2v) is 4.97. The van der Waals surface area contributed by atoms with Crippen molar-refractivity contribution < 1.29 is 0 Å². The van der Waals surface area contributed by atoms with E-state index in [0.29, 0.717) is 0 Å². The van der Waals surface area contributed by atoms with Gasteiger partial charge in [-0.1, -0.05) is 12.1 Å². The first-order valence-corrected chi connectivity index (χ1v) is 6.51. The van der Waals surface area contributed by atoms with E-state index in [1.807, 2.05) is 0 Å². The molecule has 2 aromatic rings. The van der Waals surface area contributed by atoms with Gasteiger partial charge in [-0.25, -0.2) is 9.67 Å². The maximum atomic E-state index is 4.13. The standard InChI is InChI=1S/C14H18N4/c1-12-3-2-8-17(12)9-13-4-6-14(7-5-13)18-11-15-10-16-18/h4-7,10-12H,2-3,8-9H2,1H3. The monoisotopic (exact) mass is 242 g/mol. The van der Waals surface area contributed by atoms with Crippen LogP contribution in [0, 0.1) is 0 Å². The molecule has 0 bridgehead atoms. The van der Waals surface area contributed by atoms with Crippen LogP contribution in [0.15, 0.2) is 36.9 Å². The Morgan fingerprint density at radius 3 is 2.72 bits per heavy atom. The van der Waals surface area contributed by atoms with Gasteiger partial charge < -0.3 is 0 Å². The Balaban J connectivity index is 1.71. The Bertz CT molecular complexity index is 489. The van der Waals surface area contributed by atoms with Crippen molar-refractivity contribution in [2.24, 2.45) is 0 Å². The Hall–Kier alpha value is -1.68. The minimum Gasteiger partial charge on any atom is -0.296 e. The van der Waals surface area contributed by atoms with Crippen molar-refractivity contribution in [2.45, 2.75) is 32.4 Å². The van der Waals surface area contributed by atoms with E-state index in [9.17, 15) is 0 Å². The minimum atomic E-state index is 0.722. The summed E-state index contributed by atoms with van der Waals surface area (Å²) in [6, 6.07) is 9.29. The first kappa shape index (κ1) is 11.4. The molecule has 0 aliphatic carbocycles. The lowest BCUT2D eigenvalue weighted by Gasteiger charge is -2.20. The lowest BCUT2D eigenvalue weighted by atomic mass is 10.2. The zero-order valence-electron chi connectivity index (χ0n) is 10.7. The number of aromatic nitrogens is 3. The Labute approximate surface area is 107 Å². The lowest BCUT2D eigenvalue weighted by molar-refractivity contribution is 0.260. The molecular formula is C14H18N4. The van der Waals surface area contributed by atoms with Crippen LogP contribution in [0.1, 0.15) is 25.3 Å². The van der Waals surface area contributed by atoms with Gasteiger partial charge in [-0.15, -0.1) is 0 Å². The molecule has 4 nitrogen and oxygen atoms in total. The predicted octanol–water partition coefficient (Wildman–Crippen LogP) is 2.25. The van der Waals surface area contributed by atoms with Gasteiger partial charge in [0.1, 0.15) is 12.7 Å². The number of nitrogens with zero attached hydrogens (tertiary/aromatic N) is 4. The van der Waals surface area contributed by atoms with Gasteiger partial charge in [-0.3, -0.25) is 4.90 Å². The van der Waals surface area contributed by atoms with Gasteiger partial charge in [0, 0.05) is 12.6 Å². The van der Waals surface area contributed by atoms with Gasteiger partial charge in [0.25, 0.3) is 0 Å². The highest BCUT2D eigenvalue weighted by molar-refractivity contribution is 5.33. The van der Waals surface area contributed by atoms with E-state index in [1.165, 1.54) is 24.9 Å². The molecule has 94 valence electrons. The summed E-state index contributed by atoms with van der Waals surface area (Å²) in [6.07, 6.45) is 5.94. The van der Waals surface area contributed by atoms with Crippen LogP contribution in [0.2, 0.25) is 0 Å². The van der Waals surface area contributed by atoms with Gasteiger partial charge in [0.05, 0.1) is 5.69 Å². The van der Waals surface area contributed by atoms with Crippen molar-refractivity contribution in [3.63, 3.8) is 0 Å². The number of benzene rings is 1. The summed E-state index contributed by atoms with van der Waals surface area (Å²) < 4.78 is 1.78. The molecule has 2 heterocycles. The number of hydrogen-bond acceptors (Lipinski definition) is 3. The molecule has 0 N–H and O–H groups in total. The lowest BCUT2D eigenvalue weighted by Crippen LogP contribution is -2.26. The van der Waals surface area contributed by atoms with Crippen LogP contribution >= 0.6 is 0 Å². The fourth-order valence-corrected chi connectivity index (χ4v) is 2.56. The highest BCUT2D eigenvalue weighted by Gasteiger charge is 2.19. The summed E-state index contributed by atoms with van der Waals surface area (Å²) in [7, 11) is 0. The normalized spacial score (nSPS) is 20.4. The topological polar surface area (TPSA) is 34.0 Å². The maximum Gasteiger partial charge on any atom is 0.138 e. The first-order valence-electron chi connectivity index (χ1n) is 6.51. The van der Waals surface area contributed by atoms with Crippen LogP contribution < -0.4 is 0 Å². The van der Waals surface area contributed by atoms with Crippen molar-refractivity contribution >= 4 is 0 Å². The van der Waals surface area contributed by atoms with E-state index in [2.05, 4.69) is 46.2 Å². The van der Waals surface area contributed by atoms with Crippen molar-refractivity contribution in [2.75, 3.05) is 6.54 Å².